The molecule has 0 nitrogen and oxygen atoms in total. The smallest absolute Gasteiger partial charge is 0.0114 e. The third-order valence-electron chi connectivity index (χ3n) is 6.06. The van der Waals surface area contributed by atoms with Gasteiger partial charge in [0, 0.05) is 5.25 Å². The third kappa shape index (κ3) is 2.14. The van der Waals surface area contributed by atoms with Crippen molar-refractivity contribution < 1.29 is 0 Å². The second kappa shape index (κ2) is 4.55. The van der Waals surface area contributed by atoms with Gasteiger partial charge in [-0.3, -0.25) is 0 Å². The first kappa shape index (κ1) is 12.3. The quantitative estimate of drug-likeness (QED) is 0.755. The van der Waals surface area contributed by atoms with Gasteiger partial charge in [-0.05, 0) is 73.7 Å². The lowest BCUT2D eigenvalue weighted by Gasteiger charge is -2.59. The molecule has 0 spiro atoms. The lowest BCUT2D eigenvalue weighted by Crippen LogP contribution is -2.50. The summed E-state index contributed by atoms with van der Waals surface area (Å²) in [6, 6.07) is 11.0. The zero-order valence-corrected chi connectivity index (χ0v) is 12.5. The van der Waals surface area contributed by atoms with E-state index >= 15 is 0 Å². The molecule has 4 saturated carbocycles. The van der Waals surface area contributed by atoms with Crippen LogP contribution in [0, 0.1) is 23.2 Å². The molecule has 1 unspecified atom stereocenters. The predicted molar refractivity (Wildman–Crippen MR) is 83.5 cm³/mol. The fourth-order valence-corrected chi connectivity index (χ4v) is 6.17. The molecule has 0 radical (unpaired) electrons. The van der Waals surface area contributed by atoms with Crippen LogP contribution in [0.25, 0.3) is 0 Å². The Morgan fingerprint density at radius 1 is 0.947 bits per heavy atom. The minimum absolute atomic E-state index is 0.572. The highest BCUT2D eigenvalue weighted by Crippen LogP contribution is 2.62. The average Bonchev–Trinajstić information content (AvgIpc) is 2.38. The van der Waals surface area contributed by atoms with E-state index in [0.717, 1.165) is 24.2 Å². The van der Waals surface area contributed by atoms with Gasteiger partial charge in [0.05, 0.1) is 0 Å². The van der Waals surface area contributed by atoms with E-state index < -0.39 is 0 Å². The van der Waals surface area contributed by atoms with E-state index in [2.05, 4.69) is 30.3 Å². The second-order valence-electron chi connectivity index (χ2n) is 7.49. The second-order valence-corrected chi connectivity index (χ2v) is 8.11. The van der Waals surface area contributed by atoms with Crippen molar-refractivity contribution in [2.24, 2.45) is 23.2 Å². The molecule has 1 atom stereocenters. The minimum Gasteiger partial charge on any atom is -0.175 e. The standard InChI is InChI=1S/C18H24S/c19-17(9-13-4-2-1-3-5-13)18-10-14-6-15(11-18)8-16(7-14)12-18/h1-5,14-17,19H,6-12H2. The zero-order chi connectivity index (χ0) is 12.9. The first-order valence-electron chi connectivity index (χ1n) is 7.95. The van der Waals surface area contributed by atoms with Crippen LogP contribution in [0.1, 0.15) is 44.1 Å². The molecule has 4 fully saturated rings. The number of benzene rings is 1. The predicted octanol–water partition coefficient (Wildman–Crippen LogP) is 4.74. The molecule has 5 rings (SSSR count). The first-order valence-corrected chi connectivity index (χ1v) is 8.47. The lowest BCUT2D eigenvalue weighted by molar-refractivity contribution is -0.0529. The van der Waals surface area contributed by atoms with Gasteiger partial charge >= 0.3 is 0 Å². The normalized spacial score (nSPS) is 41.4. The summed E-state index contributed by atoms with van der Waals surface area (Å²) in [4.78, 5) is 0. The number of hydrogen-bond donors (Lipinski definition) is 1. The SMILES string of the molecule is SC(Cc1ccccc1)C12CC3CC(CC(C3)C1)C2. The molecule has 1 aromatic carbocycles. The maximum absolute atomic E-state index is 5.09. The molecule has 0 amide bonds. The summed E-state index contributed by atoms with van der Waals surface area (Å²) in [6.45, 7) is 0. The van der Waals surface area contributed by atoms with E-state index in [0.29, 0.717) is 10.7 Å². The van der Waals surface area contributed by atoms with Gasteiger partial charge in [-0.25, -0.2) is 0 Å². The van der Waals surface area contributed by atoms with E-state index in [4.69, 9.17) is 12.6 Å². The lowest BCUT2D eigenvalue weighted by atomic mass is 9.48. The topological polar surface area (TPSA) is 0 Å². The Morgan fingerprint density at radius 2 is 1.47 bits per heavy atom. The molecular formula is C18H24S. The molecule has 4 aliphatic carbocycles. The van der Waals surface area contributed by atoms with Crippen LogP contribution in [0.15, 0.2) is 30.3 Å². The monoisotopic (exact) mass is 272 g/mol. The summed E-state index contributed by atoms with van der Waals surface area (Å²) in [7, 11) is 0. The third-order valence-corrected chi connectivity index (χ3v) is 6.79. The van der Waals surface area contributed by atoms with Gasteiger partial charge in [-0.15, -0.1) is 0 Å². The fraction of sp³-hybridized carbons (Fsp3) is 0.667. The minimum atomic E-state index is 0.572. The maximum atomic E-state index is 5.09. The van der Waals surface area contributed by atoms with Crippen molar-refractivity contribution in [2.45, 2.75) is 50.2 Å². The van der Waals surface area contributed by atoms with E-state index in [1.54, 1.807) is 0 Å². The van der Waals surface area contributed by atoms with Gasteiger partial charge in [0.1, 0.15) is 0 Å². The first-order chi connectivity index (χ1) is 9.23. The molecule has 0 aliphatic heterocycles. The van der Waals surface area contributed by atoms with Crippen LogP contribution in [0.5, 0.6) is 0 Å². The van der Waals surface area contributed by atoms with Crippen LogP contribution in [-0.4, -0.2) is 5.25 Å². The Balaban J connectivity index is 1.55. The van der Waals surface area contributed by atoms with Crippen LogP contribution in [0.4, 0.5) is 0 Å². The highest BCUT2D eigenvalue weighted by molar-refractivity contribution is 7.81. The molecule has 0 aromatic heterocycles. The summed E-state index contributed by atoms with van der Waals surface area (Å²) in [5, 5.41) is 0.572. The Hall–Kier alpha value is -0.430. The van der Waals surface area contributed by atoms with E-state index in [1.807, 2.05) is 0 Å². The molecule has 19 heavy (non-hydrogen) atoms. The van der Waals surface area contributed by atoms with Gasteiger partial charge in [0.25, 0.3) is 0 Å². The molecule has 4 bridgehead atoms. The van der Waals surface area contributed by atoms with E-state index in [1.165, 1.54) is 44.1 Å². The molecule has 102 valence electrons. The number of hydrogen-bond acceptors (Lipinski definition) is 1. The van der Waals surface area contributed by atoms with Gasteiger partial charge in [-0.2, -0.15) is 12.6 Å². The van der Waals surface area contributed by atoms with Crippen molar-refractivity contribution in [1.29, 1.82) is 0 Å². The van der Waals surface area contributed by atoms with Crippen molar-refractivity contribution in [3.8, 4) is 0 Å². The van der Waals surface area contributed by atoms with Crippen molar-refractivity contribution in [2.75, 3.05) is 0 Å². The van der Waals surface area contributed by atoms with E-state index in [-0.39, 0.29) is 0 Å². The zero-order valence-electron chi connectivity index (χ0n) is 11.6. The number of rotatable bonds is 3. The van der Waals surface area contributed by atoms with Gasteiger partial charge in [-0.1, -0.05) is 30.3 Å². The van der Waals surface area contributed by atoms with Crippen LogP contribution in [0.3, 0.4) is 0 Å². The summed E-state index contributed by atoms with van der Waals surface area (Å²) in [5.74, 6) is 3.12. The van der Waals surface area contributed by atoms with Crippen LogP contribution in [-0.2, 0) is 6.42 Å². The molecule has 0 saturated heterocycles. The molecule has 1 heteroatoms. The average molecular weight is 272 g/mol. The van der Waals surface area contributed by atoms with Crippen molar-refractivity contribution >= 4 is 12.6 Å². The van der Waals surface area contributed by atoms with Gasteiger partial charge in [0.15, 0.2) is 0 Å². The Morgan fingerprint density at radius 3 is 2.00 bits per heavy atom. The Labute approximate surface area is 122 Å². The van der Waals surface area contributed by atoms with Gasteiger partial charge in [0.2, 0.25) is 0 Å². The van der Waals surface area contributed by atoms with Crippen LogP contribution < -0.4 is 0 Å². The van der Waals surface area contributed by atoms with Crippen molar-refractivity contribution in [3.63, 3.8) is 0 Å². The molecule has 0 heterocycles. The van der Waals surface area contributed by atoms with Crippen LogP contribution in [0.2, 0.25) is 0 Å². The summed E-state index contributed by atoms with van der Waals surface area (Å²) in [5.41, 5.74) is 2.05. The van der Waals surface area contributed by atoms with Crippen LogP contribution >= 0.6 is 12.6 Å². The summed E-state index contributed by atoms with van der Waals surface area (Å²) in [6.07, 6.45) is 10.2. The molecular weight excluding hydrogens is 248 g/mol. The summed E-state index contributed by atoms with van der Waals surface area (Å²) >= 11 is 5.09. The molecule has 0 N–H and O–H groups in total. The van der Waals surface area contributed by atoms with Crippen molar-refractivity contribution in [1.82, 2.24) is 0 Å². The summed E-state index contributed by atoms with van der Waals surface area (Å²) < 4.78 is 0. The molecule has 1 aromatic rings. The highest BCUT2D eigenvalue weighted by atomic mass is 32.1. The fourth-order valence-electron chi connectivity index (χ4n) is 5.64. The van der Waals surface area contributed by atoms with E-state index in [9.17, 15) is 0 Å². The van der Waals surface area contributed by atoms with Gasteiger partial charge < -0.3 is 0 Å². The largest absolute Gasteiger partial charge is 0.175 e. The Bertz CT molecular complexity index is 415. The maximum Gasteiger partial charge on any atom is 0.0114 e. The molecule has 4 aliphatic rings. The highest BCUT2D eigenvalue weighted by Gasteiger charge is 2.53. The number of thiol groups is 1. The Kier molecular flexibility index (Phi) is 2.95. The van der Waals surface area contributed by atoms with Crippen molar-refractivity contribution in [3.05, 3.63) is 35.9 Å².